The van der Waals surface area contributed by atoms with E-state index in [9.17, 15) is 14.4 Å². The Morgan fingerprint density at radius 2 is 0.647 bits per heavy atom. The first-order valence-electron chi connectivity index (χ1n) is 22.4. The van der Waals surface area contributed by atoms with Gasteiger partial charge in [0, 0.05) is 19.3 Å². The van der Waals surface area contributed by atoms with Crippen LogP contribution in [0.1, 0.15) is 246 Å². The third-order valence-electron chi connectivity index (χ3n) is 10.0. The number of carbonyl (C=O) groups excluding carboxylic acids is 3. The molecule has 51 heavy (non-hydrogen) atoms. The first-order chi connectivity index (χ1) is 24.9. The Hall–Kier alpha value is -1.59. The summed E-state index contributed by atoms with van der Waals surface area (Å²) < 4.78 is 16.7. The van der Waals surface area contributed by atoms with Crippen molar-refractivity contribution in [2.24, 2.45) is 5.92 Å². The molecule has 0 spiro atoms. The summed E-state index contributed by atoms with van der Waals surface area (Å²) in [6.45, 7) is 8.90. The molecule has 0 aromatic rings. The van der Waals surface area contributed by atoms with Gasteiger partial charge in [-0.15, -0.1) is 0 Å². The van der Waals surface area contributed by atoms with E-state index in [1.165, 1.54) is 141 Å². The van der Waals surface area contributed by atoms with E-state index in [1.807, 2.05) is 0 Å². The molecule has 6 nitrogen and oxygen atoms in total. The molecule has 0 aliphatic rings. The van der Waals surface area contributed by atoms with Crippen LogP contribution in [0, 0.1) is 5.92 Å². The lowest BCUT2D eigenvalue weighted by molar-refractivity contribution is -0.167. The van der Waals surface area contributed by atoms with Gasteiger partial charge in [-0.05, 0) is 25.2 Å². The topological polar surface area (TPSA) is 78.9 Å². The maximum atomic E-state index is 12.6. The van der Waals surface area contributed by atoms with E-state index >= 15 is 0 Å². The normalized spacial score (nSPS) is 11.9. The largest absolute Gasteiger partial charge is 0.462 e. The molecular formula is C45H86O6. The fourth-order valence-electron chi connectivity index (χ4n) is 6.63. The number of ether oxygens (including phenoxy) is 3. The quantitative estimate of drug-likeness (QED) is 0.0356. The van der Waals surface area contributed by atoms with Crippen LogP contribution in [0.4, 0.5) is 0 Å². The molecule has 0 bridgehead atoms. The Kier molecular flexibility index (Phi) is 38.4. The third-order valence-corrected chi connectivity index (χ3v) is 10.0. The predicted octanol–water partition coefficient (Wildman–Crippen LogP) is 13.9. The van der Waals surface area contributed by atoms with E-state index in [-0.39, 0.29) is 31.1 Å². The molecule has 0 aliphatic carbocycles. The molecule has 0 amide bonds. The summed E-state index contributed by atoms with van der Waals surface area (Å²) in [5, 5.41) is 0. The molecule has 0 rings (SSSR count). The van der Waals surface area contributed by atoms with Crippen molar-refractivity contribution in [2.45, 2.75) is 252 Å². The summed E-state index contributed by atoms with van der Waals surface area (Å²) in [4.78, 5) is 37.6. The second-order valence-electron chi connectivity index (χ2n) is 15.8. The van der Waals surface area contributed by atoms with E-state index in [0.717, 1.165) is 63.7 Å². The lowest BCUT2D eigenvalue weighted by Crippen LogP contribution is -2.30. The van der Waals surface area contributed by atoms with E-state index < -0.39 is 6.10 Å². The highest BCUT2D eigenvalue weighted by Crippen LogP contribution is 2.16. The molecule has 0 N–H and O–H groups in total. The highest BCUT2D eigenvalue weighted by Gasteiger charge is 2.19. The monoisotopic (exact) mass is 723 g/mol. The van der Waals surface area contributed by atoms with Gasteiger partial charge in [-0.25, -0.2) is 0 Å². The summed E-state index contributed by atoms with van der Waals surface area (Å²) in [6.07, 6.45) is 38.2. The number of carbonyl (C=O) groups is 3. The van der Waals surface area contributed by atoms with Gasteiger partial charge < -0.3 is 14.2 Å². The molecule has 0 fully saturated rings. The number of esters is 3. The van der Waals surface area contributed by atoms with Crippen LogP contribution in [0.3, 0.4) is 0 Å². The van der Waals surface area contributed by atoms with Gasteiger partial charge >= 0.3 is 17.9 Å². The molecule has 0 heterocycles. The van der Waals surface area contributed by atoms with Gasteiger partial charge in [0.2, 0.25) is 0 Å². The first kappa shape index (κ1) is 49.4. The molecule has 0 saturated heterocycles. The second kappa shape index (κ2) is 39.6. The van der Waals surface area contributed by atoms with Crippen molar-refractivity contribution in [3.05, 3.63) is 0 Å². The van der Waals surface area contributed by atoms with Crippen molar-refractivity contribution in [2.75, 3.05) is 13.2 Å². The summed E-state index contributed by atoms with van der Waals surface area (Å²) in [5.74, 6) is -0.104. The molecule has 6 heteroatoms. The van der Waals surface area contributed by atoms with E-state index in [0.29, 0.717) is 19.3 Å². The SMILES string of the molecule is CCCCCCCCCCCCCCCCCC(=O)OC[C@@H](COC(=O)CCCCCCCCCCC)OC(=O)CCCCCCCCC(C)C. The van der Waals surface area contributed by atoms with Crippen molar-refractivity contribution >= 4 is 17.9 Å². The minimum atomic E-state index is -0.759. The first-order valence-corrected chi connectivity index (χ1v) is 22.4. The Bertz CT molecular complexity index is 766. The van der Waals surface area contributed by atoms with Crippen LogP contribution in [0.5, 0.6) is 0 Å². The van der Waals surface area contributed by atoms with Crippen LogP contribution in [-0.4, -0.2) is 37.2 Å². The Labute approximate surface area is 317 Å². The van der Waals surface area contributed by atoms with Gasteiger partial charge in [0.15, 0.2) is 6.10 Å². The maximum Gasteiger partial charge on any atom is 0.306 e. The van der Waals surface area contributed by atoms with E-state index in [1.54, 1.807) is 0 Å². The van der Waals surface area contributed by atoms with Crippen LogP contribution >= 0.6 is 0 Å². The summed E-state index contributed by atoms with van der Waals surface area (Å²) in [7, 11) is 0. The third kappa shape index (κ3) is 39.5. The number of unbranched alkanes of at least 4 members (excludes halogenated alkanes) is 27. The van der Waals surface area contributed by atoms with E-state index in [4.69, 9.17) is 14.2 Å². The number of hydrogen-bond donors (Lipinski definition) is 0. The zero-order valence-corrected chi connectivity index (χ0v) is 34.6. The second-order valence-corrected chi connectivity index (χ2v) is 15.8. The smallest absolute Gasteiger partial charge is 0.306 e. The average molecular weight is 723 g/mol. The lowest BCUT2D eigenvalue weighted by atomic mass is 10.0. The molecule has 0 unspecified atom stereocenters. The van der Waals surface area contributed by atoms with Crippen molar-refractivity contribution < 1.29 is 28.6 Å². The van der Waals surface area contributed by atoms with Gasteiger partial charge in [-0.1, -0.05) is 207 Å². The molecule has 0 radical (unpaired) electrons. The van der Waals surface area contributed by atoms with Gasteiger partial charge in [0.25, 0.3) is 0 Å². The minimum Gasteiger partial charge on any atom is -0.462 e. The van der Waals surface area contributed by atoms with Crippen LogP contribution in [0.2, 0.25) is 0 Å². The average Bonchev–Trinajstić information content (AvgIpc) is 3.11. The molecule has 0 saturated carbocycles. The molecule has 302 valence electrons. The Morgan fingerprint density at radius 1 is 0.373 bits per heavy atom. The molecule has 0 aromatic heterocycles. The molecular weight excluding hydrogens is 636 g/mol. The van der Waals surface area contributed by atoms with Crippen LogP contribution in [0.15, 0.2) is 0 Å². The van der Waals surface area contributed by atoms with Gasteiger partial charge in [0.1, 0.15) is 13.2 Å². The highest BCUT2D eigenvalue weighted by atomic mass is 16.6. The molecule has 1 atom stereocenters. The molecule has 0 aromatic carbocycles. The van der Waals surface area contributed by atoms with Crippen molar-refractivity contribution in [1.82, 2.24) is 0 Å². The van der Waals surface area contributed by atoms with E-state index in [2.05, 4.69) is 27.7 Å². The van der Waals surface area contributed by atoms with Crippen LogP contribution < -0.4 is 0 Å². The number of rotatable bonds is 40. The summed E-state index contributed by atoms with van der Waals surface area (Å²) in [5.41, 5.74) is 0. The fraction of sp³-hybridized carbons (Fsp3) is 0.933. The lowest BCUT2D eigenvalue weighted by Gasteiger charge is -2.18. The van der Waals surface area contributed by atoms with Gasteiger partial charge in [-0.3, -0.25) is 14.4 Å². The Balaban J connectivity index is 4.26. The zero-order chi connectivity index (χ0) is 37.5. The number of hydrogen-bond acceptors (Lipinski definition) is 6. The zero-order valence-electron chi connectivity index (χ0n) is 34.6. The van der Waals surface area contributed by atoms with Crippen LogP contribution in [-0.2, 0) is 28.6 Å². The van der Waals surface area contributed by atoms with Crippen molar-refractivity contribution in [3.63, 3.8) is 0 Å². The summed E-state index contributed by atoms with van der Waals surface area (Å²) in [6, 6.07) is 0. The Morgan fingerprint density at radius 3 is 0.961 bits per heavy atom. The fourth-order valence-corrected chi connectivity index (χ4v) is 6.63. The van der Waals surface area contributed by atoms with Gasteiger partial charge in [-0.2, -0.15) is 0 Å². The standard InChI is InChI=1S/C45H86O6/c1-5-7-9-11-13-15-16-17-18-19-20-22-24-29-33-37-44(47)50-40-42(51-45(48)38-34-30-26-25-27-31-35-41(3)4)39-49-43(46)36-32-28-23-21-14-12-10-8-6-2/h41-42H,5-40H2,1-4H3/t42-/m1/s1. The molecule has 0 aliphatic heterocycles. The maximum absolute atomic E-state index is 12.6. The van der Waals surface area contributed by atoms with Gasteiger partial charge in [0.05, 0.1) is 0 Å². The highest BCUT2D eigenvalue weighted by molar-refractivity contribution is 5.71. The predicted molar refractivity (Wildman–Crippen MR) is 215 cm³/mol. The summed E-state index contributed by atoms with van der Waals surface area (Å²) >= 11 is 0. The minimum absolute atomic E-state index is 0.0650. The van der Waals surface area contributed by atoms with Crippen molar-refractivity contribution in [1.29, 1.82) is 0 Å². The van der Waals surface area contributed by atoms with Crippen molar-refractivity contribution in [3.8, 4) is 0 Å². The van der Waals surface area contributed by atoms with Crippen LogP contribution in [0.25, 0.3) is 0 Å².